The van der Waals surface area contributed by atoms with Crippen LogP contribution in [0.25, 0.3) is 0 Å². The average Bonchev–Trinajstić information content (AvgIpc) is 3.14. The smallest absolute Gasteiger partial charge is 0.254 e. The highest BCUT2D eigenvalue weighted by Gasteiger charge is 2.52. The van der Waals surface area contributed by atoms with Crippen LogP contribution in [0.15, 0.2) is 23.1 Å². The first-order valence-electron chi connectivity index (χ1n) is 10.3. The molecule has 2 atom stereocenters. The third kappa shape index (κ3) is 3.17. The van der Waals surface area contributed by atoms with Gasteiger partial charge in [0.05, 0.1) is 10.9 Å². The predicted octanol–water partition coefficient (Wildman–Crippen LogP) is 2.21. The summed E-state index contributed by atoms with van der Waals surface area (Å²) in [6.07, 6.45) is 4.26. The quantitative estimate of drug-likeness (QED) is 0.703. The SMILES string of the molecule is CO[C@H]1C(=O)N(C(C)C)[C@H]1C1CCN(S(=O)(=O)c2ccc3c(c2)CCC3)CC1. The highest BCUT2D eigenvalue weighted by atomic mass is 32.2. The van der Waals surface area contributed by atoms with E-state index in [0.717, 1.165) is 32.1 Å². The minimum atomic E-state index is -3.46. The molecule has 0 N–H and O–H groups in total. The maximum absolute atomic E-state index is 13.1. The first-order valence-corrected chi connectivity index (χ1v) is 11.8. The van der Waals surface area contributed by atoms with Gasteiger partial charge >= 0.3 is 0 Å². The molecule has 2 fully saturated rings. The topological polar surface area (TPSA) is 66.9 Å². The van der Waals surface area contributed by atoms with Crippen molar-refractivity contribution in [2.24, 2.45) is 5.92 Å². The van der Waals surface area contributed by atoms with Crippen LogP contribution in [0, 0.1) is 5.92 Å². The van der Waals surface area contributed by atoms with E-state index in [2.05, 4.69) is 0 Å². The highest BCUT2D eigenvalue weighted by molar-refractivity contribution is 7.89. The van der Waals surface area contributed by atoms with E-state index < -0.39 is 10.0 Å². The van der Waals surface area contributed by atoms with Crippen molar-refractivity contribution in [1.82, 2.24) is 9.21 Å². The molecule has 1 amide bonds. The van der Waals surface area contributed by atoms with E-state index in [-0.39, 0.29) is 30.0 Å². The summed E-state index contributed by atoms with van der Waals surface area (Å²) >= 11 is 0. The van der Waals surface area contributed by atoms with Gasteiger partial charge in [0.2, 0.25) is 10.0 Å². The number of nitrogens with zero attached hydrogens (tertiary/aromatic N) is 2. The Hall–Kier alpha value is -1.44. The number of methoxy groups -OCH3 is 1. The molecule has 1 aromatic rings. The van der Waals surface area contributed by atoms with Gasteiger partial charge in [-0.15, -0.1) is 0 Å². The number of hydrogen-bond acceptors (Lipinski definition) is 4. The molecule has 3 aliphatic rings. The van der Waals surface area contributed by atoms with Crippen LogP contribution in [-0.2, 0) is 32.4 Å². The fraction of sp³-hybridized carbons (Fsp3) is 0.667. The van der Waals surface area contributed by atoms with Gasteiger partial charge in [0.15, 0.2) is 6.10 Å². The molecule has 0 unspecified atom stereocenters. The number of fused-ring (bicyclic) bond motifs is 1. The number of likely N-dealkylation sites (tertiary alicyclic amines) is 1. The van der Waals surface area contributed by atoms with Crippen molar-refractivity contribution in [2.75, 3.05) is 20.2 Å². The van der Waals surface area contributed by atoms with Gasteiger partial charge in [0.1, 0.15) is 0 Å². The van der Waals surface area contributed by atoms with Crippen molar-refractivity contribution >= 4 is 15.9 Å². The van der Waals surface area contributed by atoms with Crippen molar-refractivity contribution in [3.05, 3.63) is 29.3 Å². The lowest BCUT2D eigenvalue weighted by Gasteiger charge is -2.53. The van der Waals surface area contributed by atoms with Gasteiger partial charge in [0, 0.05) is 26.2 Å². The summed E-state index contributed by atoms with van der Waals surface area (Å²) < 4.78 is 33.3. The number of benzene rings is 1. The second kappa shape index (κ2) is 7.43. The van der Waals surface area contributed by atoms with Gasteiger partial charge in [-0.3, -0.25) is 4.79 Å². The molecule has 0 aromatic heterocycles. The zero-order chi connectivity index (χ0) is 20.1. The summed E-state index contributed by atoms with van der Waals surface area (Å²) in [7, 11) is -1.88. The van der Waals surface area contributed by atoms with E-state index in [1.54, 1.807) is 17.5 Å². The molecule has 28 heavy (non-hydrogen) atoms. The lowest BCUT2D eigenvalue weighted by molar-refractivity contribution is -0.181. The van der Waals surface area contributed by atoms with Crippen LogP contribution in [-0.4, -0.2) is 61.9 Å². The average molecular weight is 407 g/mol. The van der Waals surface area contributed by atoms with Crippen molar-refractivity contribution in [2.45, 2.75) is 69.0 Å². The molecule has 1 aromatic carbocycles. The van der Waals surface area contributed by atoms with E-state index in [1.165, 1.54) is 11.1 Å². The number of aryl methyl sites for hydroxylation is 2. The molecule has 0 spiro atoms. The third-order valence-electron chi connectivity index (χ3n) is 6.63. The van der Waals surface area contributed by atoms with Crippen molar-refractivity contribution in [3.63, 3.8) is 0 Å². The molecular weight excluding hydrogens is 376 g/mol. The van der Waals surface area contributed by atoms with Gasteiger partial charge in [-0.25, -0.2) is 8.42 Å². The summed E-state index contributed by atoms with van der Waals surface area (Å²) in [6, 6.07) is 5.80. The molecule has 2 aliphatic heterocycles. The Balaban J connectivity index is 1.46. The van der Waals surface area contributed by atoms with Crippen LogP contribution in [0.4, 0.5) is 0 Å². The number of ether oxygens (including phenoxy) is 1. The number of sulfonamides is 1. The van der Waals surface area contributed by atoms with Gasteiger partial charge in [0.25, 0.3) is 5.91 Å². The van der Waals surface area contributed by atoms with E-state index in [0.29, 0.717) is 18.0 Å². The van der Waals surface area contributed by atoms with E-state index in [9.17, 15) is 13.2 Å². The summed E-state index contributed by atoms with van der Waals surface area (Å²) in [5.41, 5.74) is 2.46. The Kier molecular flexibility index (Phi) is 5.27. The number of carbonyl (C=O) groups is 1. The van der Waals surface area contributed by atoms with Gasteiger partial charge in [-0.05, 0) is 75.1 Å². The molecule has 6 nitrogen and oxygen atoms in total. The Bertz CT molecular complexity index is 859. The molecule has 2 heterocycles. The zero-order valence-corrected chi connectivity index (χ0v) is 17.7. The molecule has 2 saturated heterocycles. The van der Waals surface area contributed by atoms with Crippen LogP contribution >= 0.6 is 0 Å². The number of rotatable bonds is 5. The summed E-state index contributed by atoms with van der Waals surface area (Å²) in [5, 5.41) is 0. The Morgan fingerprint density at radius 2 is 1.79 bits per heavy atom. The molecule has 1 aliphatic carbocycles. The summed E-state index contributed by atoms with van der Waals surface area (Å²) in [5.74, 6) is 0.326. The second-order valence-electron chi connectivity index (χ2n) is 8.51. The fourth-order valence-corrected chi connectivity index (χ4v) is 6.65. The monoisotopic (exact) mass is 406 g/mol. The van der Waals surface area contributed by atoms with Crippen LogP contribution in [0.3, 0.4) is 0 Å². The number of piperidine rings is 1. The zero-order valence-electron chi connectivity index (χ0n) is 16.9. The molecule has 7 heteroatoms. The molecule has 0 saturated carbocycles. The normalized spacial score (nSPS) is 26.6. The lowest BCUT2D eigenvalue weighted by atomic mass is 9.79. The summed E-state index contributed by atoms with van der Waals surface area (Å²) in [4.78, 5) is 14.6. The van der Waals surface area contributed by atoms with E-state index in [1.807, 2.05) is 30.9 Å². The van der Waals surface area contributed by atoms with Crippen LogP contribution < -0.4 is 0 Å². The maximum Gasteiger partial charge on any atom is 0.254 e. The largest absolute Gasteiger partial charge is 0.369 e. The Morgan fingerprint density at radius 1 is 1.11 bits per heavy atom. The first kappa shape index (κ1) is 19.9. The van der Waals surface area contributed by atoms with Gasteiger partial charge in [-0.2, -0.15) is 4.31 Å². The summed E-state index contributed by atoms with van der Waals surface area (Å²) in [6.45, 7) is 5.03. The van der Waals surface area contributed by atoms with Crippen LogP contribution in [0.5, 0.6) is 0 Å². The minimum absolute atomic E-state index is 0.0516. The van der Waals surface area contributed by atoms with E-state index in [4.69, 9.17) is 4.74 Å². The van der Waals surface area contributed by atoms with Gasteiger partial charge < -0.3 is 9.64 Å². The number of carbonyl (C=O) groups excluding carboxylic acids is 1. The Labute approximate surface area is 167 Å². The number of amides is 1. The Morgan fingerprint density at radius 3 is 2.43 bits per heavy atom. The van der Waals surface area contributed by atoms with Crippen LogP contribution in [0.2, 0.25) is 0 Å². The lowest BCUT2D eigenvalue weighted by Crippen LogP contribution is -2.70. The fourth-order valence-electron chi connectivity index (χ4n) is 5.13. The predicted molar refractivity (Wildman–Crippen MR) is 107 cm³/mol. The molecule has 0 bridgehead atoms. The molecule has 4 rings (SSSR count). The highest BCUT2D eigenvalue weighted by Crippen LogP contribution is 2.37. The number of hydrogen-bond donors (Lipinski definition) is 0. The molecular formula is C21H30N2O4S. The third-order valence-corrected chi connectivity index (χ3v) is 8.52. The van der Waals surface area contributed by atoms with Crippen molar-refractivity contribution in [1.29, 1.82) is 0 Å². The van der Waals surface area contributed by atoms with Crippen molar-refractivity contribution in [3.8, 4) is 0 Å². The second-order valence-corrected chi connectivity index (χ2v) is 10.4. The minimum Gasteiger partial charge on any atom is -0.369 e. The maximum atomic E-state index is 13.1. The number of β-lactam (4-membered cyclic amide) rings is 1. The van der Waals surface area contributed by atoms with Crippen LogP contribution in [0.1, 0.15) is 44.2 Å². The first-order chi connectivity index (χ1) is 13.3. The van der Waals surface area contributed by atoms with Gasteiger partial charge in [-0.1, -0.05) is 6.07 Å². The van der Waals surface area contributed by atoms with Crippen molar-refractivity contribution < 1.29 is 17.9 Å². The van der Waals surface area contributed by atoms with E-state index >= 15 is 0 Å². The molecule has 0 radical (unpaired) electrons. The molecule has 154 valence electrons. The standard InChI is InChI=1S/C21H30N2O4S/c1-14(2)23-19(20(27-3)21(23)24)16-9-11-22(12-10-16)28(25,26)18-8-7-15-5-4-6-17(15)13-18/h7-8,13-14,16,19-20H,4-6,9-12H2,1-3H3/t19-,20+/m0/s1.